The zero-order valence-electron chi connectivity index (χ0n) is 19.2. The average Bonchev–Trinajstić information content (AvgIpc) is 2.86. The van der Waals surface area contributed by atoms with Crippen LogP contribution in [0.2, 0.25) is 0 Å². The molecule has 182 valence electrons. The number of aliphatic hydroxyl groups excluding tert-OH is 1. The topological polar surface area (TPSA) is 63.5 Å². The van der Waals surface area contributed by atoms with E-state index >= 15 is 0 Å². The van der Waals surface area contributed by atoms with Crippen LogP contribution < -0.4 is 15.6 Å². The molecule has 7 heteroatoms. The fourth-order valence-electron chi connectivity index (χ4n) is 3.96. The predicted octanol–water partition coefficient (Wildman–Crippen LogP) is 4.58. The Bertz CT molecular complexity index is 1290. The van der Waals surface area contributed by atoms with Crippen molar-refractivity contribution >= 4 is 10.9 Å². The number of pyridine rings is 1. The number of para-hydroxylation sites is 1. The molecule has 35 heavy (non-hydrogen) atoms. The van der Waals surface area contributed by atoms with E-state index < -0.39 is 18.8 Å². The molecule has 3 aromatic carbocycles. The molecule has 0 aliphatic heterocycles. The van der Waals surface area contributed by atoms with E-state index in [4.69, 9.17) is 4.74 Å². The number of ether oxygens (including phenoxy) is 1. The second-order valence-corrected chi connectivity index (χ2v) is 8.49. The number of nitrogens with one attached hydrogen (secondary N) is 1. The van der Waals surface area contributed by atoms with Crippen molar-refractivity contribution in [3.05, 3.63) is 112 Å². The highest BCUT2D eigenvalue weighted by Gasteiger charge is 2.30. The summed E-state index contributed by atoms with van der Waals surface area (Å²) in [4.78, 5) is 12.3. The summed E-state index contributed by atoms with van der Waals surface area (Å²) in [7, 11) is 0. The third kappa shape index (κ3) is 6.74. The van der Waals surface area contributed by atoms with Crippen molar-refractivity contribution in [2.45, 2.75) is 25.0 Å². The Morgan fingerprint density at radius 1 is 0.886 bits per heavy atom. The standard InChI is InChI=1S/C28H28F2N2O3/c29-28(30,18-22-6-2-1-3-7-22)20-35-24-13-10-21(11-14-24)16-17-31-19-27(34)32-25-9-5-4-8-23(25)12-15-26(32)33/h1-15,27,31,34H,16-20H2. The summed E-state index contributed by atoms with van der Waals surface area (Å²) in [6.45, 7) is 0.103. The molecule has 0 radical (unpaired) electrons. The molecule has 1 aromatic heterocycles. The highest BCUT2D eigenvalue weighted by molar-refractivity contribution is 5.78. The summed E-state index contributed by atoms with van der Waals surface area (Å²) in [5.41, 5.74) is 1.99. The Hall–Kier alpha value is -3.55. The Morgan fingerprint density at radius 2 is 1.60 bits per heavy atom. The fraction of sp³-hybridized carbons (Fsp3) is 0.250. The second-order valence-electron chi connectivity index (χ2n) is 8.49. The lowest BCUT2D eigenvalue weighted by Crippen LogP contribution is -2.32. The molecule has 0 aliphatic rings. The minimum Gasteiger partial charge on any atom is -0.487 e. The first-order valence-corrected chi connectivity index (χ1v) is 11.5. The minimum atomic E-state index is -2.96. The van der Waals surface area contributed by atoms with Crippen LogP contribution in [0.4, 0.5) is 8.78 Å². The highest BCUT2D eigenvalue weighted by Crippen LogP contribution is 2.22. The molecule has 4 aromatic rings. The summed E-state index contributed by atoms with van der Waals surface area (Å²) in [5.74, 6) is -2.57. The molecule has 0 fully saturated rings. The summed E-state index contributed by atoms with van der Waals surface area (Å²) in [6.07, 6.45) is -0.697. The Labute approximate surface area is 202 Å². The maximum absolute atomic E-state index is 14.2. The van der Waals surface area contributed by atoms with Gasteiger partial charge >= 0.3 is 0 Å². The van der Waals surface area contributed by atoms with E-state index in [-0.39, 0.29) is 18.5 Å². The summed E-state index contributed by atoms with van der Waals surface area (Å²) >= 11 is 0. The first-order valence-electron chi connectivity index (χ1n) is 11.5. The Balaban J connectivity index is 1.23. The number of hydrogen-bond donors (Lipinski definition) is 2. The number of aromatic nitrogens is 1. The molecule has 1 heterocycles. The van der Waals surface area contributed by atoms with Crippen LogP contribution in [0.3, 0.4) is 0 Å². The molecule has 1 atom stereocenters. The average molecular weight is 479 g/mol. The third-order valence-electron chi connectivity index (χ3n) is 5.73. The van der Waals surface area contributed by atoms with Gasteiger partial charge in [-0.25, -0.2) is 8.78 Å². The van der Waals surface area contributed by atoms with Crippen LogP contribution in [0, 0.1) is 0 Å². The molecule has 5 nitrogen and oxygen atoms in total. The number of nitrogens with zero attached hydrogens (tertiary/aromatic N) is 1. The lowest BCUT2D eigenvalue weighted by atomic mass is 10.1. The summed E-state index contributed by atoms with van der Waals surface area (Å²) < 4.78 is 35.1. The van der Waals surface area contributed by atoms with Crippen LogP contribution >= 0.6 is 0 Å². The molecular weight excluding hydrogens is 450 g/mol. The van der Waals surface area contributed by atoms with E-state index in [2.05, 4.69) is 5.32 Å². The monoisotopic (exact) mass is 478 g/mol. The van der Waals surface area contributed by atoms with E-state index in [9.17, 15) is 18.7 Å². The van der Waals surface area contributed by atoms with Crippen molar-refractivity contribution in [3.63, 3.8) is 0 Å². The normalized spacial score (nSPS) is 12.5. The van der Waals surface area contributed by atoms with Gasteiger partial charge in [-0.05, 0) is 53.7 Å². The molecule has 4 rings (SSSR count). The van der Waals surface area contributed by atoms with Crippen LogP contribution in [0.25, 0.3) is 10.9 Å². The Kier molecular flexibility index (Phi) is 7.90. The van der Waals surface area contributed by atoms with Gasteiger partial charge in [0.05, 0.1) is 5.52 Å². The largest absolute Gasteiger partial charge is 0.487 e. The van der Waals surface area contributed by atoms with Gasteiger partial charge < -0.3 is 15.2 Å². The number of hydrogen-bond acceptors (Lipinski definition) is 4. The van der Waals surface area contributed by atoms with Crippen molar-refractivity contribution in [2.24, 2.45) is 0 Å². The number of rotatable bonds is 11. The summed E-state index contributed by atoms with van der Waals surface area (Å²) in [5, 5.41) is 14.6. The number of alkyl halides is 2. The zero-order valence-corrected chi connectivity index (χ0v) is 19.2. The third-order valence-corrected chi connectivity index (χ3v) is 5.73. The molecular formula is C28H28F2N2O3. The molecule has 1 unspecified atom stereocenters. The zero-order chi connectivity index (χ0) is 24.7. The molecule has 0 amide bonds. The number of halogens is 2. The summed E-state index contributed by atoms with van der Waals surface area (Å²) in [6, 6.07) is 26.3. The minimum absolute atomic E-state index is 0.214. The van der Waals surface area contributed by atoms with Gasteiger partial charge in [-0.2, -0.15) is 0 Å². The van der Waals surface area contributed by atoms with Gasteiger partial charge in [0.15, 0.2) is 6.61 Å². The van der Waals surface area contributed by atoms with Crippen molar-refractivity contribution < 1.29 is 18.6 Å². The lowest BCUT2D eigenvalue weighted by molar-refractivity contribution is -0.0400. The van der Waals surface area contributed by atoms with E-state index in [1.807, 2.05) is 30.3 Å². The van der Waals surface area contributed by atoms with Gasteiger partial charge in [-0.1, -0.05) is 60.7 Å². The van der Waals surface area contributed by atoms with Crippen LogP contribution in [0.1, 0.15) is 17.4 Å². The molecule has 0 aliphatic carbocycles. The molecule has 0 spiro atoms. The quantitative estimate of drug-likeness (QED) is 0.310. The Morgan fingerprint density at radius 3 is 2.37 bits per heavy atom. The van der Waals surface area contributed by atoms with E-state index in [1.54, 1.807) is 54.6 Å². The first-order chi connectivity index (χ1) is 16.9. The first kappa shape index (κ1) is 24.6. The van der Waals surface area contributed by atoms with Gasteiger partial charge in [-0.15, -0.1) is 0 Å². The number of fused-ring (bicyclic) bond motifs is 1. The van der Waals surface area contributed by atoms with Crippen LogP contribution in [-0.2, 0) is 12.8 Å². The van der Waals surface area contributed by atoms with Crippen molar-refractivity contribution in [1.82, 2.24) is 9.88 Å². The van der Waals surface area contributed by atoms with Crippen molar-refractivity contribution in [2.75, 3.05) is 19.7 Å². The fourth-order valence-corrected chi connectivity index (χ4v) is 3.96. The maximum Gasteiger partial charge on any atom is 0.285 e. The van der Waals surface area contributed by atoms with Crippen LogP contribution in [-0.4, -0.2) is 35.3 Å². The highest BCUT2D eigenvalue weighted by atomic mass is 19.3. The van der Waals surface area contributed by atoms with Crippen LogP contribution in [0.5, 0.6) is 5.75 Å². The predicted molar refractivity (Wildman–Crippen MR) is 133 cm³/mol. The van der Waals surface area contributed by atoms with E-state index in [0.29, 0.717) is 29.8 Å². The molecule has 2 N–H and O–H groups in total. The van der Waals surface area contributed by atoms with E-state index in [0.717, 1.165) is 10.9 Å². The lowest BCUT2D eigenvalue weighted by Gasteiger charge is -2.18. The smallest absolute Gasteiger partial charge is 0.285 e. The van der Waals surface area contributed by atoms with Gasteiger partial charge in [0.1, 0.15) is 12.0 Å². The van der Waals surface area contributed by atoms with Gasteiger partial charge in [0.2, 0.25) is 0 Å². The SMILES string of the molecule is O=c1ccc2ccccc2n1C(O)CNCCc1ccc(OCC(F)(F)Cc2ccccc2)cc1. The van der Waals surface area contributed by atoms with Gasteiger partial charge in [0, 0.05) is 19.0 Å². The second kappa shape index (κ2) is 11.3. The van der Waals surface area contributed by atoms with E-state index in [1.165, 1.54) is 10.6 Å². The van der Waals surface area contributed by atoms with Crippen molar-refractivity contribution in [3.8, 4) is 5.75 Å². The van der Waals surface area contributed by atoms with Crippen LogP contribution in [0.15, 0.2) is 95.8 Å². The molecule has 0 saturated carbocycles. The molecule has 0 bridgehead atoms. The number of benzene rings is 3. The molecule has 0 saturated heterocycles. The van der Waals surface area contributed by atoms with Gasteiger partial charge in [0.25, 0.3) is 11.5 Å². The van der Waals surface area contributed by atoms with Crippen molar-refractivity contribution in [1.29, 1.82) is 0 Å². The van der Waals surface area contributed by atoms with Gasteiger partial charge in [-0.3, -0.25) is 9.36 Å². The number of aliphatic hydroxyl groups is 1. The maximum atomic E-state index is 14.2.